The number of anilines is 1. The van der Waals surface area contributed by atoms with Gasteiger partial charge in [0, 0.05) is 22.7 Å². The fourth-order valence-electron chi connectivity index (χ4n) is 3.16. The Labute approximate surface area is 169 Å². The van der Waals surface area contributed by atoms with Gasteiger partial charge in [0.25, 0.3) is 0 Å². The zero-order valence-corrected chi connectivity index (χ0v) is 16.9. The predicted octanol–water partition coefficient (Wildman–Crippen LogP) is 5.42. The highest BCUT2D eigenvalue weighted by atomic mass is 19.1. The average molecular weight is 390 g/mol. The summed E-state index contributed by atoms with van der Waals surface area (Å²) in [4.78, 5) is 12.9. The zero-order chi connectivity index (χ0) is 21.0. The first-order valence-corrected chi connectivity index (χ1v) is 9.38. The Balaban J connectivity index is 0.00000117. The zero-order valence-electron chi connectivity index (χ0n) is 16.9. The van der Waals surface area contributed by atoms with E-state index in [0.717, 1.165) is 38.9 Å². The topological polar surface area (TPSA) is 73.9 Å². The van der Waals surface area contributed by atoms with Crippen LogP contribution in [0.4, 0.5) is 10.2 Å². The van der Waals surface area contributed by atoms with E-state index in [1.807, 2.05) is 51.1 Å². The third-order valence-corrected chi connectivity index (χ3v) is 4.54. The molecule has 0 amide bonds. The van der Waals surface area contributed by atoms with Gasteiger partial charge in [0.15, 0.2) is 11.6 Å². The SMILES string of the molecule is CC.COc1cc(-c2ncccc2-c2ccc3ncnc(N)c3c2)c(C)cc1F. The lowest BCUT2D eigenvalue weighted by Gasteiger charge is -2.14. The maximum atomic E-state index is 14.0. The molecule has 0 fully saturated rings. The van der Waals surface area contributed by atoms with Crippen molar-refractivity contribution in [1.29, 1.82) is 0 Å². The molecule has 29 heavy (non-hydrogen) atoms. The third kappa shape index (κ3) is 3.87. The van der Waals surface area contributed by atoms with E-state index in [9.17, 15) is 4.39 Å². The van der Waals surface area contributed by atoms with Crippen LogP contribution in [0.15, 0.2) is 55.0 Å². The van der Waals surface area contributed by atoms with Crippen molar-refractivity contribution in [3.63, 3.8) is 0 Å². The van der Waals surface area contributed by atoms with Gasteiger partial charge in [-0.2, -0.15) is 0 Å². The molecule has 2 N–H and O–H groups in total. The standard InChI is InChI=1S/C21H17FN4O.C2H6/c1-12-8-17(22)19(27-2)10-15(12)20-14(4-3-7-24-20)13-5-6-18-16(9-13)21(23)26-11-25-18;1-2/h3-11H,1-2H3,(H2,23,25,26);1-2H3. The van der Waals surface area contributed by atoms with Crippen LogP contribution in [0, 0.1) is 12.7 Å². The molecule has 0 saturated carbocycles. The van der Waals surface area contributed by atoms with Gasteiger partial charge in [-0.15, -0.1) is 0 Å². The van der Waals surface area contributed by atoms with Gasteiger partial charge in [-0.25, -0.2) is 14.4 Å². The molecule has 2 aromatic carbocycles. The summed E-state index contributed by atoms with van der Waals surface area (Å²) in [5.74, 6) is 0.210. The number of ether oxygens (including phenoxy) is 1. The number of hydrogen-bond acceptors (Lipinski definition) is 5. The summed E-state index contributed by atoms with van der Waals surface area (Å²) >= 11 is 0. The molecule has 0 radical (unpaired) electrons. The second-order valence-corrected chi connectivity index (χ2v) is 6.19. The Hall–Kier alpha value is -3.54. The summed E-state index contributed by atoms with van der Waals surface area (Å²) in [7, 11) is 1.45. The Bertz CT molecular complexity index is 1160. The number of fused-ring (bicyclic) bond motifs is 1. The van der Waals surface area contributed by atoms with Crippen LogP contribution < -0.4 is 10.5 Å². The molecule has 0 unspecified atom stereocenters. The highest BCUT2D eigenvalue weighted by Gasteiger charge is 2.15. The van der Waals surface area contributed by atoms with Crippen LogP contribution in [-0.2, 0) is 0 Å². The van der Waals surface area contributed by atoms with Gasteiger partial charge >= 0.3 is 0 Å². The first kappa shape index (κ1) is 20.2. The number of halogens is 1. The summed E-state index contributed by atoms with van der Waals surface area (Å²) in [6.45, 7) is 5.85. The molecule has 6 heteroatoms. The maximum absolute atomic E-state index is 14.0. The average Bonchev–Trinajstić information content (AvgIpc) is 2.75. The van der Waals surface area contributed by atoms with Gasteiger partial charge in [0.05, 0.1) is 18.3 Å². The molecule has 0 aliphatic carbocycles. The molecular formula is C23H23FN4O. The van der Waals surface area contributed by atoms with Gasteiger partial charge in [-0.3, -0.25) is 4.98 Å². The molecule has 0 atom stereocenters. The van der Waals surface area contributed by atoms with Crippen molar-refractivity contribution < 1.29 is 9.13 Å². The highest BCUT2D eigenvalue weighted by molar-refractivity contribution is 5.93. The molecule has 2 aromatic heterocycles. The van der Waals surface area contributed by atoms with E-state index in [4.69, 9.17) is 10.5 Å². The quantitative estimate of drug-likeness (QED) is 0.505. The summed E-state index contributed by atoms with van der Waals surface area (Å²) in [6, 6.07) is 12.8. The van der Waals surface area contributed by atoms with E-state index < -0.39 is 5.82 Å². The lowest BCUT2D eigenvalue weighted by atomic mass is 9.95. The van der Waals surface area contributed by atoms with Crippen LogP contribution in [0.1, 0.15) is 19.4 Å². The lowest BCUT2D eigenvalue weighted by molar-refractivity contribution is 0.386. The van der Waals surface area contributed by atoms with Crippen molar-refractivity contribution >= 4 is 16.7 Å². The summed E-state index contributed by atoms with van der Waals surface area (Å²) < 4.78 is 19.2. The number of aryl methyl sites for hydroxylation is 1. The number of hydrogen-bond donors (Lipinski definition) is 1. The molecule has 0 bridgehead atoms. The van der Waals surface area contributed by atoms with Gasteiger partial charge < -0.3 is 10.5 Å². The van der Waals surface area contributed by atoms with E-state index in [2.05, 4.69) is 15.0 Å². The summed E-state index contributed by atoms with van der Waals surface area (Å²) in [5.41, 5.74) is 10.9. The number of nitrogen functional groups attached to an aromatic ring is 1. The smallest absolute Gasteiger partial charge is 0.165 e. The van der Waals surface area contributed by atoms with Gasteiger partial charge in [-0.1, -0.05) is 26.0 Å². The van der Waals surface area contributed by atoms with Gasteiger partial charge in [0.2, 0.25) is 0 Å². The maximum Gasteiger partial charge on any atom is 0.165 e. The monoisotopic (exact) mass is 390 g/mol. The third-order valence-electron chi connectivity index (χ3n) is 4.54. The Morgan fingerprint density at radius 3 is 2.52 bits per heavy atom. The normalized spacial score (nSPS) is 10.4. The number of nitrogens with two attached hydrogens (primary N) is 1. The molecule has 5 nitrogen and oxygen atoms in total. The van der Waals surface area contributed by atoms with Gasteiger partial charge in [0.1, 0.15) is 12.1 Å². The predicted molar refractivity (Wildman–Crippen MR) is 115 cm³/mol. The minimum Gasteiger partial charge on any atom is -0.494 e. The summed E-state index contributed by atoms with van der Waals surface area (Å²) in [5, 5.41) is 0.776. The van der Waals surface area contributed by atoms with Crippen molar-refractivity contribution in [2.45, 2.75) is 20.8 Å². The van der Waals surface area contributed by atoms with Crippen LogP contribution in [0.25, 0.3) is 33.3 Å². The Kier molecular flexibility index (Phi) is 6.02. The Morgan fingerprint density at radius 1 is 0.966 bits per heavy atom. The van der Waals surface area contributed by atoms with E-state index in [1.54, 1.807) is 12.3 Å². The molecule has 4 rings (SSSR count). The van der Waals surface area contributed by atoms with Crippen LogP contribution in [0.3, 0.4) is 0 Å². The molecule has 0 spiro atoms. The molecule has 2 heterocycles. The molecule has 0 aliphatic heterocycles. The number of nitrogens with zero attached hydrogens (tertiary/aromatic N) is 3. The van der Waals surface area contributed by atoms with Crippen LogP contribution in [0.5, 0.6) is 5.75 Å². The number of methoxy groups -OCH3 is 1. The fraction of sp³-hybridized carbons (Fsp3) is 0.174. The second-order valence-electron chi connectivity index (χ2n) is 6.19. The van der Waals surface area contributed by atoms with E-state index in [1.165, 1.54) is 19.5 Å². The number of pyridine rings is 1. The van der Waals surface area contributed by atoms with Crippen LogP contribution >= 0.6 is 0 Å². The molecule has 0 saturated heterocycles. The molecular weight excluding hydrogens is 367 g/mol. The molecule has 148 valence electrons. The summed E-state index contributed by atoms with van der Waals surface area (Å²) in [6.07, 6.45) is 3.16. The van der Waals surface area contributed by atoms with Crippen molar-refractivity contribution in [1.82, 2.24) is 15.0 Å². The largest absolute Gasteiger partial charge is 0.494 e. The van der Waals surface area contributed by atoms with Gasteiger partial charge in [-0.05, 0) is 48.4 Å². The first-order valence-electron chi connectivity index (χ1n) is 9.38. The molecule has 0 aliphatic rings. The Morgan fingerprint density at radius 2 is 1.76 bits per heavy atom. The second kappa shape index (κ2) is 8.65. The minimum absolute atomic E-state index is 0.184. The number of aromatic nitrogens is 3. The molecule has 4 aromatic rings. The highest BCUT2D eigenvalue weighted by Crippen LogP contribution is 2.36. The van der Waals surface area contributed by atoms with E-state index in [0.29, 0.717) is 5.82 Å². The fourth-order valence-corrected chi connectivity index (χ4v) is 3.16. The van der Waals surface area contributed by atoms with E-state index >= 15 is 0 Å². The first-order chi connectivity index (χ1) is 14.1. The number of rotatable bonds is 3. The lowest BCUT2D eigenvalue weighted by Crippen LogP contribution is -1.96. The van der Waals surface area contributed by atoms with Crippen LogP contribution in [-0.4, -0.2) is 22.1 Å². The van der Waals surface area contributed by atoms with E-state index in [-0.39, 0.29) is 5.75 Å². The minimum atomic E-state index is -0.396. The number of benzene rings is 2. The van der Waals surface area contributed by atoms with Crippen molar-refractivity contribution in [2.24, 2.45) is 0 Å². The van der Waals surface area contributed by atoms with Crippen molar-refractivity contribution in [2.75, 3.05) is 12.8 Å². The van der Waals surface area contributed by atoms with Crippen molar-refractivity contribution in [3.05, 3.63) is 66.4 Å². The van der Waals surface area contributed by atoms with Crippen molar-refractivity contribution in [3.8, 4) is 28.1 Å². The van der Waals surface area contributed by atoms with Crippen LogP contribution in [0.2, 0.25) is 0 Å².